The summed E-state index contributed by atoms with van der Waals surface area (Å²) in [6, 6.07) is 7.78. The van der Waals surface area contributed by atoms with Crippen molar-refractivity contribution in [3.8, 4) is 0 Å². The van der Waals surface area contributed by atoms with Crippen molar-refractivity contribution in [1.29, 1.82) is 0 Å². The van der Waals surface area contributed by atoms with E-state index in [4.69, 9.17) is 11.6 Å². The van der Waals surface area contributed by atoms with Crippen LogP contribution in [0.15, 0.2) is 42.5 Å². The van der Waals surface area contributed by atoms with Gasteiger partial charge in [-0.3, -0.25) is 0 Å². The molecule has 2 amide bonds. The van der Waals surface area contributed by atoms with E-state index in [2.05, 4.69) is 10.6 Å². The molecule has 0 bridgehead atoms. The van der Waals surface area contributed by atoms with Crippen molar-refractivity contribution in [2.75, 3.05) is 11.9 Å². The molecule has 1 atom stereocenters. The molecule has 2 aromatic rings. The van der Waals surface area contributed by atoms with E-state index in [0.717, 1.165) is 18.2 Å². The fraction of sp³-hybridized carbons (Fsp3) is 0.133. The molecule has 7 heteroatoms. The highest BCUT2D eigenvalue weighted by Crippen LogP contribution is 2.18. The van der Waals surface area contributed by atoms with Gasteiger partial charge in [-0.05, 0) is 29.8 Å². The van der Waals surface area contributed by atoms with Crippen molar-refractivity contribution < 1.29 is 18.7 Å². The van der Waals surface area contributed by atoms with Crippen molar-refractivity contribution in [3.63, 3.8) is 0 Å². The van der Waals surface area contributed by atoms with Crippen LogP contribution in [-0.2, 0) is 0 Å². The Hall–Kier alpha value is -2.18. The summed E-state index contributed by atoms with van der Waals surface area (Å²) in [6.45, 7) is -0.360. The van der Waals surface area contributed by atoms with E-state index >= 15 is 0 Å². The topological polar surface area (TPSA) is 61.4 Å². The lowest BCUT2D eigenvalue weighted by atomic mass is 10.1. The number of halogens is 3. The number of benzene rings is 2. The summed E-state index contributed by atoms with van der Waals surface area (Å²) in [5.74, 6) is -1.43. The Morgan fingerprint density at radius 3 is 2.50 bits per heavy atom. The van der Waals surface area contributed by atoms with Crippen molar-refractivity contribution in [2.45, 2.75) is 6.04 Å². The van der Waals surface area contributed by atoms with Gasteiger partial charge in [-0.25, -0.2) is 13.6 Å². The number of urea groups is 1. The Balaban J connectivity index is 2.06. The van der Waals surface area contributed by atoms with Gasteiger partial charge in [0.1, 0.15) is 11.6 Å². The van der Waals surface area contributed by atoms with Crippen LogP contribution in [0.5, 0.6) is 0 Å². The van der Waals surface area contributed by atoms with Crippen LogP contribution in [0.2, 0.25) is 5.02 Å². The number of carbonyl (C=O) groups excluding carboxylic acids is 1. The monoisotopic (exact) mass is 326 g/mol. The van der Waals surface area contributed by atoms with Gasteiger partial charge >= 0.3 is 6.03 Å². The quantitative estimate of drug-likeness (QED) is 0.805. The van der Waals surface area contributed by atoms with Gasteiger partial charge in [-0.2, -0.15) is 0 Å². The first-order valence-electron chi connectivity index (χ1n) is 6.38. The summed E-state index contributed by atoms with van der Waals surface area (Å²) in [7, 11) is 0. The van der Waals surface area contributed by atoms with Gasteiger partial charge in [0.05, 0.1) is 18.3 Å². The normalized spacial score (nSPS) is 11.8. The number of aliphatic hydroxyl groups excluding tert-OH is 1. The molecule has 116 valence electrons. The smallest absolute Gasteiger partial charge is 0.319 e. The van der Waals surface area contributed by atoms with Gasteiger partial charge in [0.2, 0.25) is 0 Å². The minimum Gasteiger partial charge on any atom is -0.394 e. The molecule has 0 aliphatic carbocycles. The summed E-state index contributed by atoms with van der Waals surface area (Å²) in [5, 5.41) is 14.5. The highest BCUT2D eigenvalue weighted by Gasteiger charge is 2.15. The first-order chi connectivity index (χ1) is 10.5. The zero-order chi connectivity index (χ0) is 16.1. The Morgan fingerprint density at radius 2 is 1.86 bits per heavy atom. The molecule has 2 aromatic carbocycles. The highest BCUT2D eigenvalue weighted by molar-refractivity contribution is 6.30. The maximum atomic E-state index is 13.4. The second-order valence-electron chi connectivity index (χ2n) is 4.51. The average Bonchev–Trinajstić information content (AvgIpc) is 2.49. The fourth-order valence-corrected chi connectivity index (χ4v) is 1.97. The van der Waals surface area contributed by atoms with Crippen LogP contribution < -0.4 is 10.6 Å². The number of aliphatic hydroxyl groups is 1. The molecule has 1 unspecified atom stereocenters. The number of carbonyl (C=O) groups is 1. The van der Waals surface area contributed by atoms with Crippen LogP contribution in [0.4, 0.5) is 19.3 Å². The van der Waals surface area contributed by atoms with Crippen LogP contribution in [0, 0.1) is 11.6 Å². The van der Waals surface area contributed by atoms with E-state index in [1.807, 2.05) is 0 Å². The van der Waals surface area contributed by atoms with E-state index in [9.17, 15) is 18.7 Å². The van der Waals surface area contributed by atoms with Crippen LogP contribution >= 0.6 is 11.6 Å². The number of hydrogen-bond acceptors (Lipinski definition) is 2. The number of anilines is 1. The van der Waals surface area contributed by atoms with E-state index in [1.165, 1.54) is 0 Å². The molecule has 0 saturated carbocycles. The second-order valence-corrected chi connectivity index (χ2v) is 4.95. The maximum Gasteiger partial charge on any atom is 0.319 e. The molecule has 2 rings (SSSR count). The van der Waals surface area contributed by atoms with Crippen molar-refractivity contribution in [3.05, 3.63) is 64.7 Å². The maximum absolute atomic E-state index is 13.4. The molecule has 0 radical (unpaired) electrons. The molecule has 0 heterocycles. The molecule has 0 aliphatic rings. The molecule has 0 spiro atoms. The molecule has 0 fully saturated rings. The van der Waals surface area contributed by atoms with Crippen molar-refractivity contribution in [2.24, 2.45) is 0 Å². The standard InChI is InChI=1S/C15H13ClF2N2O2/c16-10-3-1-9(2-4-10)14(8-21)20-15(22)19-13-7-11(17)5-6-12(13)18/h1-7,14,21H,8H2,(H2,19,20,22). The van der Waals surface area contributed by atoms with Gasteiger partial charge < -0.3 is 15.7 Å². The number of amides is 2. The Labute approximate surface area is 130 Å². The summed E-state index contributed by atoms with van der Waals surface area (Å²) < 4.78 is 26.5. The first-order valence-corrected chi connectivity index (χ1v) is 6.76. The first kappa shape index (κ1) is 16.2. The predicted octanol–water partition coefficient (Wildman–Crippen LogP) is 3.47. The third-order valence-electron chi connectivity index (χ3n) is 2.94. The van der Waals surface area contributed by atoms with E-state index in [0.29, 0.717) is 10.6 Å². The van der Waals surface area contributed by atoms with Crippen molar-refractivity contribution >= 4 is 23.3 Å². The van der Waals surface area contributed by atoms with Crippen LogP contribution in [0.1, 0.15) is 11.6 Å². The van der Waals surface area contributed by atoms with Gasteiger partial charge in [0, 0.05) is 11.1 Å². The van der Waals surface area contributed by atoms with E-state index in [-0.39, 0.29) is 12.3 Å². The Kier molecular flexibility index (Phi) is 5.30. The van der Waals surface area contributed by atoms with Gasteiger partial charge in [0.25, 0.3) is 0 Å². The predicted molar refractivity (Wildman–Crippen MR) is 79.8 cm³/mol. The van der Waals surface area contributed by atoms with Gasteiger partial charge in [-0.1, -0.05) is 23.7 Å². The molecular formula is C15H13ClF2N2O2. The zero-order valence-electron chi connectivity index (χ0n) is 11.3. The van der Waals surface area contributed by atoms with E-state index in [1.54, 1.807) is 24.3 Å². The second kappa shape index (κ2) is 7.20. The van der Waals surface area contributed by atoms with Crippen molar-refractivity contribution in [1.82, 2.24) is 5.32 Å². The molecule has 0 saturated heterocycles. The molecule has 22 heavy (non-hydrogen) atoms. The van der Waals surface area contributed by atoms with Crippen LogP contribution in [0.3, 0.4) is 0 Å². The number of rotatable bonds is 4. The molecule has 0 aromatic heterocycles. The summed E-state index contributed by atoms with van der Waals surface area (Å²) in [5.41, 5.74) is 0.340. The molecular weight excluding hydrogens is 314 g/mol. The lowest BCUT2D eigenvalue weighted by molar-refractivity contribution is 0.225. The van der Waals surface area contributed by atoms with E-state index < -0.39 is 23.7 Å². The highest BCUT2D eigenvalue weighted by atomic mass is 35.5. The lowest BCUT2D eigenvalue weighted by Crippen LogP contribution is -2.34. The molecule has 4 nitrogen and oxygen atoms in total. The Morgan fingerprint density at radius 1 is 1.18 bits per heavy atom. The average molecular weight is 327 g/mol. The summed E-state index contributed by atoms with van der Waals surface area (Å²) in [6.07, 6.45) is 0. The minimum absolute atomic E-state index is 0.287. The fourth-order valence-electron chi connectivity index (χ4n) is 1.84. The molecule has 0 aliphatic heterocycles. The third kappa shape index (κ3) is 4.16. The number of hydrogen-bond donors (Lipinski definition) is 3. The SMILES string of the molecule is O=C(Nc1cc(F)ccc1F)NC(CO)c1ccc(Cl)cc1. The zero-order valence-corrected chi connectivity index (χ0v) is 12.1. The largest absolute Gasteiger partial charge is 0.394 e. The van der Waals surface area contributed by atoms with Gasteiger partial charge in [-0.15, -0.1) is 0 Å². The summed E-state index contributed by atoms with van der Waals surface area (Å²) >= 11 is 5.77. The van der Waals surface area contributed by atoms with Gasteiger partial charge in [0.15, 0.2) is 0 Å². The Bertz CT molecular complexity index is 665. The summed E-state index contributed by atoms with van der Waals surface area (Å²) in [4.78, 5) is 11.8. The molecule has 3 N–H and O–H groups in total. The third-order valence-corrected chi connectivity index (χ3v) is 3.19. The van der Waals surface area contributed by atoms with Crippen LogP contribution in [-0.4, -0.2) is 17.7 Å². The van der Waals surface area contributed by atoms with Crippen LogP contribution in [0.25, 0.3) is 0 Å². The number of nitrogens with one attached hydrogen (secondary N) is 2. The minimum atomic E-state index is -0.765. The lowest BCUT2D eigenvalue weighted by Gasteiger charge is -2.17.